The van der Waals surface area contributed by atoms with E-state index in [1.165, 1.54) is 23.1 Å². The molecule has 11 heteroatoms. The van der Waals surface area contributed by atoms with E-state index in [1.54, 1.807) is 56.7 Å². The fraction of sp³-hybridized carbons (Fsp3) is 0.276. The van der Waals surface area contributed by atoms with Crippen LogP contribution in [0, 0.1) is 13.8 Å². The molecule has 0 amide bonds. The van der Waals surface area contributed by atoms with Gasteiger partial charge in [0.2, 0.25) is 0 Å². The summed E-state index contributed by atoms with van der Waals surface area (Å²) in [6, 6.07) is 12.1. The molecule has 1 aliphatic rings. The van der Waals surface area contributed by atoms with Gasteiger partial charge >= 0.3 is 5.97 Å². The van der Waals surface area contributed by atoms with E-state index in [0.29, 0.717) is 42.4 Å². The third-order valence-corrected chi connectivity index (χ3v) is 7.81. The number of esters is 1. The molecule has 1 aliphatic heterocycles. The first-order chi connectivity index (χ1) is 19.1. The Morgan fingerprint density at radius 3 is 2.45 bits per heavy atom. The van der Waals surface area contributed by atoms with Gasteiger partial charge in [0.1, 0.15) is 11.5 Å². The zero-order valence-electron chi connectivity index (χ0n) is 22.9. The second-order valence-electron chi connectivity index (χ2n) is 9.50. The first kappa shape index (κ1) is 27.6. The monoisotopic (exact) mass is 576 g/mol. The molecule has 0 unspecified atom stereocenters. The number of rotatable bonds is 7. The summed E-state index contributed by atoms with van der Waals surface area (Å²) in [6.07, 6.45) is 1.36. The van der Waals surface area contributed by atoms with E-state index in [-0.39, 0.29) is 11.7 Å². The fourth-order valence-electron chi connectivity index (χ4n) is 4.39. The van der Waals surface area contributed by atoms with Crippen molar-refractivity contribution in [3.05, 3.63) is 96.1 Å². The van der Waals surface area contributed by atoms with Gasteiger partial charge in [-0.05, 0) is 82.3 Å². The summed E-state index contributed by atoms with van der Waals surface area (Å²) in [6.45, 7) is 9.17. The number of ether oxygens (including phenoxy) is 2. The van der Waals surface area contributed by atoms with E-state index >= 15 is 0 Å². The molecule has 9 nitrogen and oxygen atoms in total. The molecule has 0 aliphatic carbocycles. The molecular formula is C29H28N4O5S2. The number of hydrogen-bond acceptors (Lipinski definition) is 10. The standard InChI is InChI=1S/C29H28N4O5S2/c1-15(2)37-27(35)24-18(5)32-29-33(25(24)19-7-9-20(36-6)10-8-19)26(34)22(39-29)14-21-11-12-23(38-21)40-28-30-16(3)13-17(4)31-28/h7-15,25H,1-6H3/b22-14+/t25-/m0/s1. The van der Waals surface area contributed by atoms with Crippen molar-refractivity contribution in [1.29, 1.82) is 0 Å². The summed E-state index contributed by atoms with van der Waals surface area (Å²) < 4.78 is 18.8. The number of aryl methyl sites for hydroxylation is 2. The zero-order valence-corrected chi connectivity index (χ0v) is 24.6. The highest BCUT2D eigenvalue weighted by atomic mass is 32.2. The smallest absolute Gasteiger partial charge is 0.338 e. The number of thiazole rings is 1. The van der Waals surface area contributed by atoms with Crippen molar-refractivity contribution in [1.82, 2.24) is 14.5 Å². The highest BCUT2D eigenvalue weighted by Gasteiger charge is 2.33. The van der Waals surface area contributed by atoms with Crippen LogP contribution in [0.25, 0.3) is 6.08 Å². The molecule has 4 heterocycles. The number of aromatic nitrogens is 3. The maximum absolute atomic E-state index is 13.8. The second-order valence-corrected chi connectivity index (χ2v) is 11.5. The Balaban J connectivity index is 1.56. The highest BCUT2D eigenvalue weighted by molar-refractivity contribution is 7.99. The van der Waals surface area contributed by atoms with Gasteiger partial charge in [-0.1, -0.05) is 23.5 Å². The van der Waals surface area contributed by atoms with Crippen LogP contribution in [0.3, 0.4) is 0 Å². The molecule has 0 spiro atoms. The Kier molecular flexibility index (Phi) is 7.77. The average Bonchev–Trinajstić information content (AvgIpc) is 3.45. The van der Waals surface area contributed by atoms with Gasteiger partial charge in [0.15, 0.2) is 15.1 Å². The third kappa shape index (κ3) is 5.66. The summed E-state index contributed by atoms with van der Waals surface area (Å²) in [5, 5.41) is 1.20. The van der Waals surface area contributed by atoms with Gasteiger partial charge in [0, 0.05) is 17.5 Å². The van der Waals surface area contributed by atoms with Crippen LogP contribution >= 0.6 is 23.1 Å². The summed E-state index contributed by atoms with van der Waals surface area (Å²) in [7, 11) is 1.58. The Labute approximate surface area is 238 Å². The van der Waals surface area contributed by atoms with Crippen molar-refractivity contribution < 1.29 is 18.7 Å². The molecule has 0 saturated heterocycles. The lowest BCUT2D eigenvalue weighted by molar-refractivity contribution is -0.143. The molecule has 0 saturated carbocycles. The zero-order chi connectivity index (χ0) is 28.6. The molecule has 0 N–H and O–H groups in total. The summed E-state index contributed by atoms with van der Waals surface area (Å²) in [5.41, 5.74) is 3.04. The molecule has 40 heavy (non-hydrogen) atoms. The molecule has 4 aromatic rings. The number of nitrogens with zero attached hydrogens (tertiary/aromatic N) is 4. The normalized spacial score (nSPS) is 15.3. The first-order valence-electron chi connectivity index (χ1n) is 12.6. The van der Waals surface area contributed by atoms with Crippen molar-refractivity contribution in [2.45, 2.75) is 57.0 Å². The van der Waals surface area contributed by atoms with Crippen LogP contribution in [0.1, 0.15) is 49.5 Å². The van der Waals surface area contributed by atoms with Crippen LogP contribution in [0.5, 0.6) is 5.75 Å². The summed E-state index contributed by atoms with van der Waals surface area (Å²) in [5.74, 6) is 0.668. The van der Waals surface area contributed by atoms with E-state index in [4.69, 9.17) is 13.9 Å². The van der Waals surface area contributed by atoms with Crippen molar-refractivity contribution >= 4 is 35.1 Å². The number of benzene rings is 1. The number of furan rings is 1. The van der Waals surface area contributed by atoms with Crippen LogP contribution in [0.2, 0.25) is 0 Å². The largest absolute Gasteiger partial charge is 0.497 e. The molecule has 1 atom stereocenters. The predicted octanol–water partition coefficient (Wildman–Crippen LogP) is 4.35. The lowest BCUT2D eigenvalue weighted by atomic mass is 9.96. The van der Waals surface area contributed by atoms with Crippen LogP contribution in [-0.4, -0.2) is 33.7 Å². The number of methoxy groups -OCH3 is 1. The Hall–Kier alpha value is -3.96. The minimum absolute atomic E-state index is 0.282. The molecule has 3 aromatic heterocycles. The number of allylic oxidation sites excluding steroid dienone is 1. The van der Waals surface area contributed by atoms with Gasteiger partial charge < -0.3 is 13.9 Å². The molecule has 5 rings (SSSR count). The molecule has 0 bridgehead atoms. The fourth-order valence-corrected chi connectivity index (χ4v) is 6.25. The van der Waals surface area contributed by atoms with E-state index in [1.807, 2.05) is 38.1 Å². The van der Waals surface area contributed by atoms with Crippen LogP contribution < -0.4 is 19.6 Å². The number of carbonyl (C=O) groups excluding carboxylic acids is 1. The Bertz CT molecular complexity index is 1780. The predicted molar refractivity (Wildman–Crippen MR) is 152 cm³/mol. The van der Waals surface area contributed by atoms with Crippen molar-refractivity contribution in [2.24, 2.45) is 4.99 Å². The molecular weight excluding hydrogens is 548 g/mol. The maximum Gasteiger partial charge on any atom is 0.338 e. The van der Waals surface area contributed by atoms with Crippen LogP contribution in [0.4, 0.5) is 0 Å². The van der Waals surface area contributed by atoms with Crippen molar-refractivity contribution in [3.8, 4) is 5.75 Å². The first-order valence-corrected chi connectivity index (χ1v) is 14.2. The summed E-state index contributed by atoms with van der Waals surface area (Å²) in [4.78, 5) is 41.0. The molecule has 0 fully saturated rings. The maximum atomic E-state index is 13.8. The minimum atomic E-state index is -0.708. The van der Waals surface area contributed by atoms with E-state index in [9.17, 15) is 9.59 Å². The lowest BCUT2D eigenvalue weighted by Gasteiger charge is -2.25. The van der Waals surface area contributed by atoms with Gasteiger partial charge in [-0.15, -0.1) is 0 Å². The SMILES string of the molecule is COc1ccc([C@H]2C(C(=O)OC(C)C)=C(C)N=c3s/c(=C/c4ccc(Sc5nc(C)cc(C)n5)o4)c(=O)n32)cc1. The van der Waals surface area contributed by atoms with Crippen molar-refractivity contribution in [3.63, 3.8) is 0 Å². The van der Waals surface area contributed by atoms with Crippen molar-refractivity contribution in [2.75, 3.05) is 7.11 Å². The number of fused-ring (bicyclic) bond motifs is 1. The average molecular weight is 577 g/mol. The van der Waals surface area contributed by atoms with E-state index < -0.39 is 12.0 Å². The lowest BCUT2D eigenvalue weighted by Crippen LogP contribution is -2.40. The van der Waals surface area contributed by atoms with E-state index in [2.05, 4.69) is 15.0 Å². The Morgan fingerprint density at radius 1 is 1.10 bits per heavy atom. The van der Waals surface area contributed by atoms with Gasteiger partial charge in [-0.25, -0.2) is 19.8 Å². The van der Waals surface area contributed by atoms with Gasteiger partial charge in [0.05, 0.1) is 35.1 Å². The van der Waals surface area contributed by atoms with E-state index in [0.717, 1.165) is 17.0 Å². The van der Waals surface area contributed by atoms with Gasteiger partial charge in [-0.2, -0.15) is 0 Å². The molecule has 206 valence electrons. The van der Waals surface area contributed by atoms with Gasteiger partial charge in [-0.3, -0.25) is 9.36 Å². The molecule has 0 radical (unpaired) electrons. The topological polar surface area (TPSA) is 109 Å². The quantitative estimate of drug-likeness (QED) is 0.236. The number of hydrogen-bond donors (Lipinski definition) is 0. The molecule has 1 aromatic carbocycles. The third-order valence-electron chi connectivity index (χ3n) is 6.05. The minimum Gasteiger partial charge on any atom is -0.497 e. The van der Waals surface area contributed by atoms with Gasteiger partial charge in [0.25, 0.3) is 5.56 Å². The highest BCUT2D eigenvalue weighted by Crippen LogP contribution is 2.32. The Morgan fingerprint density at radius 2 is 1.80 bits per heavy atom. The second kappa shape index (κ2) is 11.3. The van der Waals surface area contributed by atoms with Crippen LogP contribution in [-0.2, 0) is 9.53 Å². The van der Waals surface area contributed by atoms with Crippen LogP contribution in [0.15, 0.2) is 78.2 Å². The number of carbonyl (C=O) groups is 1. The summed E-state index contributed by atoms with van der Waals surface area (Å²) >= 11 is 2.55.